The van der Waals surface area contributed by atoms with Crippen LogP contribution in [-0.4, -0.2) is 51.5 Å². The molecule has 3 aromatic rings. The van der Waals surface area contributed by atoms with Crippen LogP contribution in [0, 0.1) is 0 Å². The van der Waals surface area contributed by atoms with Crippen molar-refractivity contribution < 1.29 is 9.53 Å². The Kier molecular flexibility index (Phi) is 7.90. The van der Waals surface area contributed by atoms with Crippen LogP contribution in [0.25, 0.3) is 5.69 Å². The number of amides is 1. The van der Waals surface area contributed by atoms with Crippen LogP contribution < -0.4 is 10.1 Å². The summed E-state index contributed by atoms with van der Waals surface area (Å²) in [4.78, 5) is 15.0. The Morgan fingerprint density at radius 1 is 1.15 bits per heavy atom. The molecule has 1 fully saturated rings. The highest BCUT2D eigenvalue weighted by Crippen LogP contribution is 2.30. The SMILES string of the molecule is COc1ccc(-n2c(SCC(=O)Nc3cccc(Cl)c3)nnc2[C@H](C)N2CCCCC2)cc1. The number of ether oxygens (including phenoxy) is 1. The number of nitrogens with zero attached hydrogens (tertiary/aromatic N) is 4. The number of methoxy groups -OCH3 is 1. The van der Waals surface area contributed by atoms with E-state index >= 15 is 0 Å². The van der Waals surface area contributed by atoms with E-state index in [4.69, 9.17) is 16.3 Å². The first kappa shape index (κ1) is 23.6. The molecule has 174 valence electrons. The zero-order chi connectivity index (χ0) is 23.2. The molecule has 1 amide bonds. The molecule has 0 spiro atoms. The standard InChI is InChI=1S/C24H28ClN5O2S/c1-17(29-13-4-3-5-14-29)23-27-28-24(30(23)20-9-11-21(32-2)12-10-20)33-16-22(31)26-19-8-6-7-18(25)15-19/h6-12,15,17H,3-5,13-14,16H2,1-2H3,(H,26,31)/t17-/m0/s1. The third-order valence-corrected chi connectivity index (χ3v) is 6.91. The summed E-state index contributed by atoms with van der Waals surface area (Å²) in [5, 5.41) is 13.2. The fraction of sp³-hybridized carbons (Fsp3) is 0.375. The summed E-state index contributed by atoms with van der Waals surface area (Å²) in [5.74, 6) is 1.74. The number of nitrogens with one attached hydrogen (secondary N) is 1. The quantitative estimate of drug-likeness (QED) is 0.442. The molecule has 1 aliphatic rings. The number of benzene rings is 2. The van der Waals surface area contributed by atoms with Crippen LogP contribution in [0.5, 0.6) is 5.75 Å². The number of aromatic nitrogens is 3. The van der Waals surface area contributed by atoms with Gasteiger partial charge in [-0.3, -0.25) is 14.3 Å². The molecule has 0 aliphatic carbocycles. The van der Waals surface area contributed by atoms with Crippen LogP contribution >= 0.6 is 23.4 Å². The fourth-order valence-electron chi connectivity index (χ4n) is 3.98. The summed E-state index contributed by atoms with van der Waals surface area (Å²) in [6.45, 7) is 4.29. The largest absolute Gasteiger partial charge is 0.497 e. The average molecular weight is 486 g/mol. The predicted molar refractivity (Wildman–Crippen MR) is 133 cm³/mol. The molecule has 1 atom stereocenters. The Labute approximate surface area is 203 Å². The first-order valence-electron chi connectivity index (χ1n) is 11.1. The van der Waals surface area contributed by atoms with Crippen molar-refractivity contribution in [2.24, 2.45) is 0 Å². The molecular weight excluding hydrogens is 458 g/mol. The molecule has 2 heterocycles. The summed E-state index contributed by atoms with van der Waals surface area (Å²) < 4.78 is 7.37. The number of halogens is 1. The molecule has 4 rings (SSSR count). The van der Waals surface area contributed by atoms with Gasteiger partial charge < -0.3 is 10.1 Å². The second-order valence-electron chi connectivity index (χ2n) is 7.99. The van der Waals surface area contributed by atoms with Crippen molar-refractivity contribution >= 4 is 35.0 Å². The van der Waals surface area contributed by atoms with Crippen molar-refractivity contribution in [3.8, 4) is 11.4 Å². The highest BCUT2D eigenvalue weighted by atomic mass is 35.5. The highest BCUT2D eigenvalue weighted by Gasteiger charge is 2.26. The zero-order valence-electron chi connectivity index (χ0n) is 18.8. The van der Waals surface area contributed by atoms with E-state index in [0.717, 1.165) is 30.4 Å². The van der Waals surface area contributed by atoms with Crippen molar-refractivity contribution in [1.82, 2.24) is 19.7 Å². The van der Waals surface area contributed by atoms with Gasteiger partial charge in [-0.15, -0.1) is 10.2 Å². The number of carbonyl (C=O) groups is 1. The molecule has 1 aliphatic heterocycles. The Morgan fingerprint density at radius 3 is 2.61 bits per heavy atom. The first-order chi connectivity index (χ1) is 16.0. The van der Waals surface area contributed by atoms with Crippen LogP contribution in [0.4, 0.5) is 5.69 Å². The maximum atomic E-state index is 12.6. The number of likely N-dealkylation sites (tertiary alicyclic amines) is 1. The smallest absolute Gasteiger partial charge is 0.234 e. The van der Waals surface area contributed by atoms with Gasteiger partial charge in [-0.05, 0) is 75.3 Å². The summed E-state index contributed by atoms with van der Waals surface area (Å²) >= 11 is 7.38. The van der Waals surface area contributed by atoms with Crippen molar-refractivity contribution in [3.63, 3.8) is 0 Å². The normalized spacial score (nSPS) is 15.2. The number of piperidine rings is 1. The van der Waals surface area contributed by atoms with Gasteiger partial charge in [-0.2, -0.15) is 0 Å². The number of carbonyl (C=O) groups excluding carboxylic acids is 1. The molecule has 1 N–H and O–H groups in total. The second-order valence-corrected chi connectivity index (χ2v) is 9.37. The molecule has 2 aromatic carbocycles. The Morgan fingerprint density at radius 2 is 1.91 bits per heavy atom. The van der Waals surface area contributed by atoms with Gasteiger partial charge in [-0.25, -0.2) is 0 Å². The van der Waals surface area contributed by atoms with Crippen molar-refractivity contribution in [1.29, 1.82) is 0 Å². The lowest BCUT2D eigenvalue weighted by atomic mass is 10.1. The first-order valence-corrected chi connectivity index (χ1v) is 12.4. The molecule has 1 saturated heterocycles. The predicted octanol–water partition coefficient (Wildman–Crippen LogP) is 5.21. The topological polar surface area (TPSA) is 72.3 Å². The third kappa shape index (κ3) is 5.88. The minimum Gasteiger partial charge on any atom is -0.497 e. The van der Waals surface area contributed by atoms with E-state index in [1.165, 1.54) is 31.0 Å². The Balaban J connectivity index is 1.56. The summed E-state index contributed by atoms with van der Waals surface area (Å²) in [6, 6.07) is 15.1. The van der Waals surface area contributed by atoms with E-state index in [0.29, 0.717) is 15.9 Å². The highest BCUT2D eigenvalue weighted by molar-refractivity contribution is 7.99. The Bertz CT molecular complexity index is 1080. The average Bonchev–Trinajstić information content (AvgIpc) is 3.27. The number of thioether (sulfide) groups is 1. The molecule has 0 unspecified atom stereocenters. The van der Waals surface area contributed by atoms with Gasteiger partial charge in [0.25, 0.3) is 0 Å². The van der Waals surface area contributed by atoms with Crippen molar-refractivity contribution in [2.45, 2.75) is 37.4 Å². The lowest BCUT2D eigenvalue weighted by Gasteiger charge is -2.31. The molecular formula is C24H28ClN5O2S. The molecule has 1 aromatic heterocycles. The maximum Gasteiger partial charge on any atom is 0.234 e. The van der Waals surface area contributed by atoms with Crippen molar-refractivity contribution in [2.75, 3.05) is 31.3 Å². The maximum absolute atomic E-state index is 12.6. The van der Waals surface area contributed by atoms with E-state index in [1.807, 2.05) is 30.3 Å². The van der Waals surface area contributed by atoms with Gasteiger partial charge in [0, 0.05) is 16.4 Å². The number of hydrogen-bond acceptors (Lipinski definition) is 6. The minimum atomic E-state index is -0.128. The second kappa shape index (κ2) is 11.0. The number of hydrogen-bond donors (Lipinski definition) is 1. The van der Waals surface area contributed by atoms with Gasteiger partial charge in [0.2, 0.25) is 5.91 Å². The van der Waals surface area contributed by atoms with E-state index in [9.17, 15) is 4.79 Å². The fourth-order valence-corrected chi connectivity index (χ4v) is 4.93. The molecule has 33 heavy (non-hydrogen) atoms. The van der Waals surface area contributed by atoms with Crippen LogP contribution in [0.2, 0.25) is 5.02 Å². The van der Waals surface area contributed by atoms with Crippen LogP contribution in [0.15, 0.2) is 53.7 Å². The molecule has 0 radical (unpaired) electrons. The number of rotatable bonds is 8. The van der Waals surface area contributed by atoms with E-state index < -0.39 is 0 Å². The molecule has 0 bridgehead atoms. The van der Waals surface area contributed by atoms with Gasteiger partial charge in [0.05, 0.1) is 18.9 Å². The zero-order valence-corrected chi connectivity index (χ0v) is 20.4. The molecule has 7 nitrogen and oxygen atoms in total. The van der Waals surface area contributed by atoms with Gasteiger partial charge >= 0.3 is 0 Å². The summed E-state index contributed by atoms with van der Waals surface area (Å²) in [6.07, 6.45) is 3.68. The Hall–Kier alpha value is -2.55. The van der Waals surface area contributed by atoms with Crippen LogP contribution in [0.1, 0.15) is 38.1 Å². The van der Waals surface area contributed by atoms with Gasteiger partial charge in [0.15, 0.2) is 11.0 Å². The number of anilines is 1. The summed E-state index contributed by atoms with van der Waals surface area (Å²) in [7, 11) is 1.65. The molecule has 0 saturated carbocycles. The lowest BCUT2D eigenvalue weighted by Crippen LogP contribution is -2.33. The third-order valence-electron chi connectivity index (χ3n) is 5.74. The summed E-state index contributed by atoms with van der Waals surface area (Å²) in [5.41, 5.74) is 1.61. The van der Waals surface area contributed by atoms with Crippen molar-refractivity contribution in [3.05, 3.63) is 59.4 Å². The van der Waals surface area contributed by atoms with E-state index in [2.05, 4.69) is 31.9 Å². The lowest BCUT2D eigenvalue weighted by molar-refractivity contribution is -0.113. The van der Waals surface area contributed by atoms with E-state index in [-0.39, 0.29) is 17.7 Å². The van der Waals surface area contributed by atoms with Crippen LogP contribution in [0.3, 0.4) is 0 Å². The van der Waals surface area contributed by atoms with Gasteiger partial charge in [-0.1, -0.05) is 35.9 Å². The monoisotopic (exact) mass is 485 g/mol. The minimum absolute atomic E-state index is 0.120. The van der Waals surface area contributed by atoms with Gasteiger partial charge in [0.1, 0.15) is 5.75 Å². The van der Waals surface area contributed by atoms with E-state index in [1.54, 1.807) is 25.3 Å². The molecule has 9 heteroatoms. The van der Waals surface area contributed by atoms with Crippen LogP contribution in [-0.2, 0) is 4.79 Å².